The number of aliphatic carboxylic acids is 1. The zero-order valence-electron chi connectivity index (χ0n) is 11.8. The van der Waals surface area contributed by atoms with Crippen LogP contribution in [0.2, 0.25) is 0 Å². The van der Waals surface area contributed by atoms with E-state index in [1.807, 2.05) is 0 Å². The first-order chi connectivity index (χ1) is 10.2. The molecule has 0 aliphatic carbocycles. The van der Waals surface area contributed by atoms with E-state index in [4.69, 9.17) is 5.11 Å². The summed E-state index contributed by atoms with van der Waals surface area (Å²) in [6.45, 7) is 0.299. The van der Waals surface area contributed by atoms with E-state index in [1.54, 1.807) is 17.0 Å². The summed E-state index contributed by atoms with van der Waals surface area (Å²) < 4.78 is 23.2. The van der Waals surface area contributed by atoms with E-state index in [1.165, 1.54) is 12.1 Å². The Morgan fingerprint density at radius 1 is 1.23 bits per heavy atom. The number of anilines is 1. The fourth-order valence-corrected chi connectivity index (χ4v) is 3.03. The molecule has 1 atom stereocenters. The highest BCUT2D eigenvalue weighted by Gasteiger charge is 2.35. The van der Waals surface area contributed by atoms with Crippen molar-refractivity contribution in [1.82, 2.24) is 4.90 Å². The molecule has 1 aliphatic rings. The minimum atomic E-state index is -3.37. The zero-order valence-corrected chi connectivity index (χ0v) is 12.7. The number of hydrogen-bond acceptors (Lipinski definition) is 5. The van der Waals surface area contributed by atoms with Crippen LogP contribution in [0, 0.1) is 0 Å². The molecule has 9 heteroatoms. The van der Waals surface area contributed by atoms with Crippen LogP contribution >= 0.6 is 0 Å². The molecule has 0 radical (unpaired) electrons. The minimum Gasteiger partial charge on any atom is -0.480 e. The van der Waals surface area contributed by atoms with Crippen LogP contribution in [0.1, 0.15) is 0 Å². The Balaban J connectivity index is 2.28. The van der Waals surface area contributed by atoms with Crippen LogP contribution in [-0.4, -0.2) is 67.5 Å². The van der Waals surface area contributed by atoms with Gasteiger partial charge in [-0.2, -0.15) is 0 Å². The summed E-state index contributed by atoms with van der Waals surface area (Å²) in [7, 11) is -3.37. The highest BCUT2D eigenvalue weighted by atomic mass is 32.2. The Kier molecular flexibility index (Phi) is 4.27. The van der Waals surface area contributed by atoms with Gasteiger partial charge in [0, 0.05) is 31.6 Å². The van der Waals surface area contributed by atoms with Crippen molar-refractivity contribution in [3.8, 4) is 0 Å². The van der Waals surface area contributed by atoms with Crippen LogP contribution < -0.4 is 4.90 Å². The van der Waals surface area contributed by atoms with Gasteiger partial charge in [0.2, 0.25) is 0 Å². The van der Waals surface area contributed by atoms with E-state index >= 15 is 0 Å². The summed E-state index contributed by atoms with van der Waals surface area (Å²) in [6, 6.07) is 4.98. The van der Waals surface area contributed by atoms with Gasteiger partial charge < -0.3 is 15.1 Å². The standard InChI is InChI=1S/C13H16N2O6S/c1-22(20,21)10-4-2-3-9(7-10)14-5-6-15(13(18)19)11(8-14)12(16)17/h2-4,7,11H,5-6,8H2,1H3,(H,16,17)(H,18,19)/t11-/m0/s1. The molecule has 1 amide bonds. The number of nitrogens with zero attached hydrogens (tertiary/aromatic N) is 2. The van der Waals surface area contributed by atoms with Crippen LogP contribution in [0.25, 0.3) is 0 Å². The van der Waals surface area contributed by atoms with Crippen LogP contribution in [0.5, 0.6) is 0 Å². The molecule has 0 bridgehead atoms. The molecule has 1 aromatic carbocycles. The number of carboxylic acid groups (broad SMARTS) is 2. The molecule has 22 heavy (non-hydrogen) atoms. The second-order valence-electron chi connectivity index (χ2n) is 5.05. The summed E-state index contributed by atoms with van der Waals surface area (Å²) in [5.74, 6) is -1.23. The number of piperazine rings is 1. The molecule has 1 heterocycles. The second kappa shape index (κ2) is 5.84. The third-order valence-corrected chi connectivity index (χ3v) is 4.63. The number of sulfone groups is 1. The highest BCUT2D eigenvalue weighted by Crippen LogP contribution is 2.22. The molecule has 8 nitrogen and oxygen atoms in total. The number of carboxylic acids is 1. The molecule has 0 aromatic heterocycles. The Labute approximate surface area is 127 Å². The van der Waals surface area contributed by atoms with Crippen LogP contribution in [-0.2, 0) is 14.6 Å². The molecule has 1 aliphatic heterocycles. The first kappa shape index (κ1) is 16.1. The van der Waals surface area contributed by atoms with Crippen molar-refractivity contribution in [2.75, 3.05) is 30.8 Å². The van der Waals surface area contributed by atoms with E-state index in [9.17, 15) is 23.1 Å². The smallest absolute Gasteiger partial charge is 0.408 e. The normalized spacial score (nSPS) is 19.0. The van der Waals surface area contributed by atoms with Crippen molar-refractivity contribution in [2.24, 2.45) is 0 Å². The number of rotatable bonds is 3. The van der Waals surface area contributed by atoms with Crippen molar-refractivity contribution in [3.63, 3.8) is 0 Å². The number of hydrogen-bond donors (Lipinski definition) is 2. The predicted molar refractivity (Wildman–Crippen MR) is 77.9 cm³/mol. The highest BCUT2D eigenvalue weighted by molar-refractivity contribution is 7.90. The third-order valence-electron chi connectivity index (χ3n) is 3.52. The number of benzene rings is 1. The second-order valence-corrected chi connectivity index (χ2v) is 7.06. The van der Waals surface area contributed by atoms with Gasteiger partial charge >= 0.3 is 12.1 Å². The van der Waals surface area contributed by atoms with Gasteiger partial charge in [-0.05, 0) is 18.2 Å². The van der Waals surface area contributed by atoms with Gasteiger partial charge in [-0.15, -0.1) is 0 Å². The molecule has 1 saturated heterocycles. The molecule has 1 aromatic rings. The predicted octanol–water partition coefficient (Wildman–Crippen LogP) is 0.343. The van der Waals surface area contributed by atoms with E-state index in [-0.39, 0.29) is 18.0 Å². The molecule has 120 valence electrons. The van der Waals surface area contributed by atoms with Crippen LogP contribution in [0.4, 0.5) is 10.5 Å². The zero-order chi connectivity index (χ0) is 16.5. The maximum atomic E-state index is 11.6. The molecule has 0 unspecified atom stereocenters. The van der Waals surface area contributed by atoms with Gasteiger partial charge in [-0.3, -0.25) is 4.90 Å². The van der Waals surface area contributed by atoms with E-state index < -0.39 is 27.9 Å². The number of amides is 1. The van der Waals surface area contributed by atoms with Crippen LogP contribution in [0.15, 0.2) is 29.2 Å². The lowest BCUT2D eigenvalue weighted by molar-refractivity contribution is -0.142. The maximum Gasteiger partial charge on any atom is 0.408 e. The molecule has 2 N–H and O–H groups in total. The van der Waals surface area contributed by atoms with Crippen molar-refractivity contribution < 1.29 is 28.2 Å². The van der Waals surface area contributed by atoms with Crippen molar-refractivity contribution >= 4 is 27.6 Å². The van der Waals surface area contributed by atoms with Crippen LogP contribution in [0.3, 0.4) is 0 Å². The minimum absolute atomic E-state index is 0.0329. The molecule has 0 spiro atoms. The lowest BCUT2D eigenvalue weighted by atomic mass is 10.1. The first-order valence-corrected chi connectivity index (χ1v) is 8.36. The Morgan fingerprint density at radius 2 is 1.91 bits per heavy atom. The Morgan fingerprint density at radius 3 is 2.45 bits per heavy atom. The Hall–Kier alpha value is -2.29. The van der Waals surface area contributed by atoms with E-state index in [0.29, 0.717) is 12.2 Å². The molecule has 0 saturated carbocycles. The quantitative estimate of drug-likeness (QED) is 0.822. The fraction of sp³-hybridized carbons (Fsp3) is 0.385. The molecule has 1 fully saturated rings. The van der Waals surface area contributed by atoms with Crippen molar-refractivity contribution in [2.45, 2.75) is 10.9 Å². The van der Waals surface area contributed by atoms with Gasteiger partial charge in [-0.1, -0.05) is 6.07 Å². The topological polar surface area (TPSA) is 115 Å². The van der Waals surface area contributed by atoms with Gasteiger partial charge in [0.25, 0.3) is 0 Å². The summed E-state index contributed by atoms with van der Waals surface area (Å²) in [5.41, 5.74) is 0.555. The fourth-order valence-electron chi connectivity index (χ4n) is 2.37. The summed E-state index contributed by atoms with van der Waals surface area (Å²) in [4.78, 5) is 25.0. The monoisotopic (exact) mass is 328 g/mol. The molecular weight excluding hydrogens is 312 g/mol. The lowest BCUT2D eigenvalue weighted by Crippen LogP contribution is -2.58. The maximum absolute atomic E-state index is 11.6. The average molecular weight is 328 g/mol. The molecule has 2 rings (SSSR count). The number of carbonyl (C=O) groups is 2. The van der Waals surface area contributed by atoms with Gasteiger partial charge in [-0.25, -0.2) is 18.0 Å². The molecular formula is C13H16N2O6S. The summed E-state index contributed by atoms with van der Waals surface area (Å²) >= 11 is 0. The van der Waals surface area contributed by atoms with Crippen molar-refractivity contribution in [3.05, 3.63) is 24.3 Å². The third kappa shape index (κ3) is 3.30. The lowest BCUT2D eigenvalue weighted by Gasteiger charge is -2.39. The first-order valence-electron chi connectivity index (χ1n) is 6.47. The largest absolute Gasteiger partial charge is 0.480 e. The van der Waals surface area contributed by atoms with Gasteiger partial charge in [0.05, 0.1) is 4.90 Å². The SMILES string of the molecule is CS(=O)(=O)c1cccc(N2CCN(C(=O)O)[C@H](C(=O)O)C2)c1. The summed E-state index contributed by atoms with van der Waals surface area (Å²) in [6.07, 6.45) is -0.189. The Bertz CT molecular complexity index is 702. The van der Waals surface area contributed by atoms with Gasteiger partial charge in [0.15, 0.2) is 9.84 Å². The summed E-state index contributed by atoms with van der Waals surface area (Å²) in [5, 5.41) is 18.2. The van der Waals surface area contributed by atoms with Gasteiger partial charge in [0.1, 0.15) is 6.04 Å². The van der Waals surface area contributed by atoms with E-state index in [0.717, 1.165) is 11.2 Å². The van der Waals surface area contributed by atoms with E-state index in [2.05, 4.69) is 0 Å². The van der Waals surface area contributed by atoms with Crippen molar-refractivity contribution in [1.29, 1.82) is 0 Å². The average Bonchev–Trinajstić information content (AvgIpc) is 2.45.